The third-order valence-electron chi connectivity index (χ3n) is 2.90. The quantitative estimate of drug-likeness (QED) is 0.836. The Hall–Kier alpha value is -2.07. The zero-order chi connectivity index (χ0) is 12.4. The Morgan fingerprint density at radius 1 is 1.17 bits per heavy atom. The number of nitrogens with one attached hydrogen (secondary N) is 1. The number of hydrogen-bond acceptors (Lipinski definition) is 3. The largest absolute Gasteiger partial charge is 0.467 e. The Bertz CT molecular complexity index is 521. The van der Waals surface area contributed by atoms with E-state index in [9.17, 15) is 4.79 Å². The number of carbonyl (C=O) groups is 1. The molecule has 0 spiro atoms. The standard InChI is InChI=1S/C14H13NO3/c16-14(15-9-11-7-4-8-17-11)13-12(18-13)10-5-2-1-3-6-10/h1-8,12-13H,9H2,(H,15,16)/t12-,13+/m1/s1. The molecule has 92 valence electrons. The lowest BCUT2D eigenvalue weighted by molar-refractivity contribution is -0.122. The van der Waals surface area contributed by atoms with Gasteiger partial charge in [0.15, 0.2) is 6.10 Å². The van der Waals surface area contributed by atoms with Crippen molar-refractivity contribution in [3.05, 3.63) is 60.1 Å². The van der Waals surface area contributed by atoms with Gasteiger partial charge in [0.2, 0.25) is 0 Å². The zero-order valence-corrected chi connectivity index (χ0v) is 9.71. The summed E-state index contributed by atoms with van der Waals surface area (Å²) >= 11 is 0. The maximum absolute atomic E-state index is 11.8. The van der Waals surface area contributed by atoms with Gasteiger partial charge in [-0.1, -0.05) is 30.3 Å². The number of furan rings is 1. The molecule has 18 heavy (non-hydrogen) atoms. The average molecular weight is 243 g/mol. The van der Waals surface area contributed by atoms with Crippen LogP contribution in [0, 0.1) is 0 Å². The summed E-state index contributed by atoms with van der Waals surface area (Å²) in [7, 11) is 0. The van der Waals surface area contributed by atoms with E-state index < -0.39 is 0 Å². The Morgan fingerprint density at radius 2 is 2.00 bits per heavy atom. The fourth-order valence-electron chi connectivity index (χ4n) is 1.90. The minimum atomic E-state index is -0.373. The molecule has 0 unspecified atom stereocenters. The first-order valence-electron chi connectivity index (χ1n) is 5.85. The summed E-state index contributed by atoms with van der Waals surface area (Å²) in [5.74, 6) is 0.639. The Morgan fingerprint density at radius 3 is 2.72 bits per heavy atom. The van der Waals surface area contributed by atoms with Gasteiger partial charge in [-0.15, -0.1) is 0 Å². The van der Waals surface area contributed by atoms with Crippen molar-refractivity contribution in [2.75, 3.05) is 0 Å². The molecule has 1 aliphatic rings. The highest BCUT2D eigenvalue weighted by molar-refractivity contribution is 5.83. The van der Waals surface area contributed by atoms with Gasteiger partial charge in [0.25, 0.3) is 5.91 Å². The molecule has 1 amide bonds. The van der Waals surface area contributed by atoms with Gasteiger partial charge in [0, 0.05) is 0 Å². The van der Waals surface area contributed by atoms with Crippen molar-refractivity contribution >= 4 is 5.91 Å². The van der Waals surface area contributed by atoms with Crippen molar-refractivity contribution in [3.8, 4) is 0 Å². The van der Waals surface area contributed by atoms with E-state index in [0.717, 1.165) is 11.3 Å². The highest BCUT2D eigenvalue weighted by atomic mass is 16.6. The van der Waals surface area contributed by atoms with Crippen LogP contribution in [0.25, 0.3) is 0 Å². The van der Waals surface area contributed by atoms with Gasteiger partial charge in [-0.3, -0.25) is 4.79 Å². The summed E-state index contributed by atoms with van der Waals surface area (Å²) in [5, 5.41) is 2.79. The monoisotopic (exact) mass is 243 g/mol. The lowest BCUT2D eigenvalue weighted by Gasteiger charge is -2.00. The molecular formula is C14H13NO3. The molecule has 1 fully saturated rings. The molecule has 4 nitrogen and oxygen atoms in total. The molecule has 1 aromatic heterocycles. The molecular weight excluding hydrogens is 230 g/mol. The Labute approximate surface area is 105 Å². The van der Waals surface area contributed by atoms with Crippen LogP contribution in [0.3, 0.4) is 0 Å². The van der Waals surface area contributed by atoms with Crippen LogP contribution in [0.2, 0.25) is 0 Å². The molecule has 2 heterocycles. The van der Waals surface area contributed by atoms with Gasteiger partial charge in [-0.2, -0.15) is 0 Å². The highest BCUT2D eigenvalue weighted by Crippen LogP contribution is 2.38. The van der Waals surface area contributed by atoms with Crippen LogP contribution in [-0.4, -0.2) is 12.0 Å². The van der Waals surface area contributed by atoms with E-state index in [1.165, 1.54) is 0 Å². The topological polar surface area (TPSA) is 54.8 Å². The van der Waals surface area contributed by atoms with Crippen LogP contribution in [0.15, 0.2) is 53.1 Å². The summed E-state index contributed by atoms with van der Waals surface area (Å²) in [6.45, 7) is 0.396. The first-order valence-corrected chi connectivity index (χ1v) is 5.85. The predicted octanol–water partition coefficient (Wildman–Crippen LogP) is 2.04. The summed E-state index contributed by atoms with van der Waals surface area (Å²) in [4.78, 5) is 11.8. The van der Waals surface area contributed by atoms with Gasteiger partial charge >= 0.3 is 0 Å². The number of benzene rings is 1. The number of hydrogen-bond donors (Lipinski definition) is 1. The van der Waals surface area contributed by atoms with Crippen molar-refractivity contribution in [3.63, 3.8) is 0 Å². The van der Waals surface area contributed by atoms with E-state index in [-0.39, 0.29) is 18.1 Å². The van der Waals surface area contributed by atoms with E-state index >= 15 is 0 Å². The van der Waals surface area contributed by atoms with Gasteiger partial charge in [0.1, 0.15) is 11.9 Å². The van der Waals surface area contributed by atoms with Crippen molar-refractivity contribution < 1.29 is 13.9 Å². The molecule has 1 saturated heterocycles. The van der Waals surface area contributed by atoms with E-state index in [1.807, 2.05) is 36.4 Å². The summed E-state index contributed by atoms with van der Waals surface area (Å²) in [6, 6.07) is 13.4. The molecule has 2 aromatic rings. The van der Waals surface area contributed by atoms with Crippen LogP contribution in [0.5, 0.6) is 0 Å². The fourth-order valence-corrected chi connectivity index (χ4v) is 1.90. The third-order valence-corrected chi connectivity index (χ3v) is 2.90. The number of carbonyl (C=O) groups excluding carboxylic acids is 1. The summed E-state index contributed by atoms with van der Waals surface area (Å²) < 4.78 is 10.5. The predicted molar refractivity (Wildman–Crippen MR) is 64.6 cm³/mol. The Balaban J connectivity index is 1.53. The summed E-state index contributed by atoms with van der Waals surface area (Å²) in [6.07, 6.45) is 1.10. The first kappa shape index (κ1) is 11.0. The van der Waals surface area contributed by atoms with Gasteiger partial charge in [0.05, 0.1) is 12.8 Å². The van der Waals surface area contributed by atoms with Crippen LogP contribution in [0.4, 0.5) is 0 Å². The molecule has 0 saturated carbocycles. The first-order chi connectivity index (χ1) is 8.84. The van der Waals surface area contributed by atoms with Crippen molar-refractivity contribution in [2.24, 2.45) is 0 Å². The molecule has 3 rings (SSSR count). The van der Waals surface area contributed by atoms with Crippen LogP contribution in [-0.2, 0) is 16.1 Å². The van der Waals surface area contributed by atoms with Crippen LogP contribution >= 0.6 is 0 Å². The number of rotatable bonds is 4. The van der Waals surface area contributed by atoms with Crippen molar-refractivity contribution in [1.29, 1.82) is 0 Å². The van der Waals surface area contributed by atoms with Gasteiger partial charge in [-0.25, -0.2) is 0 Å². The molecule has 1 aromatic carbocycles. The SMILES string of the molecule is O=C(NCc1ccco1)[C@H]1O[C@@H]1c1ccccc1. The zero-order valence-electron chi connectivity index (χ0n) is 9.71. The van der Waals surface area contributed by atoms with Gasteiger partial charge < -0.3 is 14.5 Å². The maximum atomic E-state index is 11.8. The lowest BCUT2D eigenvalue weighted by atomic mass is 10.1. The molecule has 4 heteroatoms. The number of amides is 1. The highest BCUT2D eigenvalue weighted by Gasteiger charge is 2.45. The van der Waals surface area contributed by atoms with Crippen LogP contribution in [0.1, 0.15) is 17.4 Å². The number of epoxide rings is 1. The van der Waals surface area contributed by atoms with Gasteiger partial charge in [-0.05, 0) is 17.7 Å². The minimum absolute atomic E-state index is 0.0970. The normalized spacial score (nSPS) is 21.6. The van der Waals surface area contributed by atoms with E-state index in [4.69, 9.17) is 9.15 Å². The molecule has 1 aliphatic heterocycles. The van der Waals surface area contributed by atoms with E-state index in [1.54, 1.807) is 12.3 Å². The van der Waals surface area contributed by atoms with E-state index in [2.05, 4.69) is 5.32 Å². The van der Waals surface area contributed by atoms with E-state index in [0.29, 0.717) is 6.54 Å². The molecule has 2 atom stereocenters. The third kappa shape index (κ3) is 2.28. The molecule has 0 radical (unpaired) electrons. The minimum Gasteiger partial charge on any atom is -0.467 e. The maximum Gasteiger partial charge on any atom is 0.252 e. The van der Waals surface area contributed by atoms with Crippen molar-refractivity contribution in [1.82, 2.24) is 5.32 Å². The second kappa shape index (κ2) is 4.66. The Kier molecular flexibility index (Phi) is 2.86. The molecule has 1 N–H and O–H groups in total. The second-order valence-corrected chi connectivity index (χ2v) is 4.19. The smallest absolute Gasteiger partial charge is 0.252 e. The number of ether oxygens (including phenoxy) is 1. The fraction of sp³-hybridized carbons (Fsp3) is 0.214. The molecule has 0 aliphatic carbocycles. The molecule has 0 bridgehead atoms. The lowest BCUT2D eigenvalue weighted by Crippen LogP contribution is -2.27. The second-order valence-electron chi connectivity index (χ2n) is 4.19. The average Bonchev–Trinajstić information content (AvgIpc) is 3.05. The summed E-state index contributed by atoms with van der Waals surface area (Å²) in [5.41, 5.74) is 1.04. The van der Waals surface area contributed by atoms with Crippen molar-refractivity contribution in [2.45, 2.75) is 18.8 Å². The van der Waals surface area contributed by atoms with Crippen LogP contribution < -0.4 is 5.32 Å².